The van der Waals surface area contributed by atoms with E-state index in [1.807, 2.05) is 0 Å². The van der Waals surface area contributed by atoms with Crippen LogP contribution in [-0.2, 0) is 44.8 Å². The summed E-state index contributed by atoms with van der Waals surface area (Å²) in [6.07, 6.45) is -0.0902. The molecule has 0 spiro atoms. The van der Waals surface area contributed by atoms with E-state index in [0.717, 1.165) is 22.6 Å². The van der Waals surface area contributed by atoms with Crippen molar-refractivity contribution >= 4 is 80.7 Å². The SMILES string of the molecule is CSSC[C@@H]1NC(=O)[C@H](CCC(=O)O)NC(=O)CSC[C@@H](C(=O)N[C@@H](Cc2ccc(O)cc2)C(N)=O)NC(=O)[C@H](CC(=O)O)NC1=O. The molecule has 10 N–H and O–H groups in total. The zero-order valence-electron chi connectivity index (χ0n) is 25.1. The topological polar surface area (TPSA) is 283 Å². The number of rotatable bonds is 13. The molecule has 5 atom stereocenters. The first-order chi connectivity index (χ1) is 22.2. The van der Waals surface area contributed by atoms with Crippen LogP contribution in [0.15, 0.2) is 24.3 Å². The van der Waals surface area contributed by atoms with E-state index in [1.165, 1.54) is 35.1 Å². The minimum Gasteiger partial charge on any atom is -0.508 e. The van der Waals surface area contributed by atoms with Gasteiger partial charge in [-0.25, -0.2) is 0 Å². The van der Waals surface area contributed by atoms with Gasteiger partial charge in [0.1, 0.15) is 36.0 Å². The number of benzene rings is 1. The monoisotopic (exact) mass is 716 g/mol. The highest BCUT2D eigenvalue weighted by Crippen LogP contribution is 2.18. The average Bonchev–Trinajstić information content (AvgIpc) is 3.00. The number of aliphatic carboxylic acids is 2. The van der Waals surface area contributed by atoms with Crippen molar-refractivity contribution in [1.82, 2.24) is 26.6 Å². The van der Waals surface area contributed by atoms with Crippen LogP contribution in [-0.4, -0.2) is 116 Å². The van der Waals surface area contributed by atoms with Crippen LogP contribution < -0.4 is 32.3 Å². The summed E-state index contributed by atoms with van der Waals surface area (Å²) in [6.45, 7) is 0. The number of nitrogens with one attached hydrogen (secondary N) is 5. The lowest BCUT2D eigenvalue weighted by Crippen LogP contribution is -2.60. The quantitative estimate of drug-likeness (QED) is 0.0994. The van der Waals surface area contributed by atoms with E-state index >= 15 is 0 Å². The number of nitrogens with two attached hydrogens (primary N) is 1. The molecule has 47 heavy (non-hydrogen) atoms. The smallest absolute Gasteiger partial charge is 0.305 e. The van der Waals surface area contributed by atoms with Gasteiger partial charge >= 0.3 is 11.9 Å². The van der Waals surface area contributed by atoms with Gasteiger partial charge in [-0.15, -0.1) is 11.8 Å². The van der Waals surface area contributed by atoms with Gasteiger partial charge < -0.3 is 47.6 Å². The van der Waals surface area contributed by atoms with Crippen LogP contribution in [0.3, 0.4) is 0 Å². The summed E-state index contributed by atoms with van der Waals surface area (Å²) in [5.74, 6) is -8.87. The van der Waals surface area contributed by atoms with Gasteiger partial charge in [-0.05, 0) is 30.4 Å². The molecule has 1 saturated heterocycles. The molecule has 1 fully saturated rings. The zero-order chi connectivity index (χ0) is 35.1. The van der Waals surface area contributed by atoms with E-state index in [-0.39, 0.29) is 35.8 Å². The summed E-state index contributed by atoms with van der Waals surface area (Å²) in [7, 11) is 2.40. The number of carboxylic acid groups (broad SMARTS) is 2. The first-order valence-electron chi connectivity index (χ1n) is 13.9. The van der Waals surface area contributed by atoms with Crippen LogP contribution in [0.5, 0.6) is 5.75 Å². The van der Waals surface area contributed by atoms with Crippen molar-refractivity contribution in [2.75, 3.05) is 23.5 Å². The molecule has 1 aliphatic heterocycles. The lowest BCUT2D eigenvalue weighted by molar-refractivity contribution is -0.141. The van der Waals surface area contributed by atoms with Gasteiger partial charge in [0.05, 0.1) is 12.2 Å². The average molecular weight is 717 g/mol. The highest BCUT2D eigenvalue weighted by atomic mass is 33.1. The van der Waals surface area contributed by atoms with E-state index in [2.05, 4.69) is 26.6 Å². The second-order valence-electron chi connectivity index (χ2n) is 10.1. The predicted octanol–water partition coefficient (Wildman–Crippen LogP) is -2.06. The molecule has 1 heterocycles. The largest absolute Gasteiger partial charge is 0.508 e. The second kappa shape index (κ2) is 19.5. The predicted molar refractivity (Wildman–Crippen MR) is 173 cm³/mol. The van der Waals surface area contributed by atoms with Gasteiger partial charge in [0.15, 0.2) is 0 Å². The number of aromatic hydroxyl groups is 1. The fourth-order valence-electron chi connectivity index (χ4n) is 4.11. The number of hydrogen-bond donors (Lipinski definition) is 9. The lowest BCUT2D eigenvalue weighted by atomic mass is 10.0. The number of amides is 6. The summed E-state index contributed by atoms with van der Waals surface area (Å²) in [6, 6.07) is -1.39. The van der Waals surface area contributed by atoms with Crippen LogP contribution >= 0.6 is 33.3 Å². The summed E-state index contributed by atoms with van der Waals surface area (Å²) >= 11 is 0.838. The van der Waals surface area contributed by atoms with Crippen LogP contribution in [0.4, 0.5) is 0 Å². The molecule has 6 amide bonds. The number of carbonyl (C=O) groups excluding carboxylic acids is 6. The molecule has 0 aliphatic carbocycles. The molecule has 1 aromatic rings. The van der Waals surface area contributed by atoms with Crippen molar-refractivity contribution in [2.45, 2.75) is 55.9 Å². The molecule has 258 valence electrons. The lowest BCUT2D eigenvalue weighted by Gasteiger charge is -2.25. The van der Waals surface area contributed by atoms with E-state index in [1.54, 1.807) is 6.26 Å². The molecule has 1 aromatic carbocycles. The van der Waals surface area contributed by atoms with E-state index in [9.17, 15) is 48.6 Å². The Labute approximate surface area is 281 Å². The van der Waals surface area contributed by atoms with Crippen LogP contribution in [0, 0.1) is 0 Å². The van der Waals surface area contributed by atoms with Crippen LogP contribution in [0.1, 0.15) is 24.8 Å². The molecule has 0 radical (unpaired) electrons. The Kier molecular flexibility index (Phi) is 16.2. The highest BCUT2D eigenvalue weighted by molar-refractivity contribution is 8.76. The number of primary amides is 1. The van der Waals surface area contributed by atoms with Crippen LogP contribution in [0.2, 0.25) is 0 Å². The second-order valence-corrected chi connectivity index (χ2v) is 13.8. The van der Waals surface area contributed by atoms with Gasteiger partial charge in [-0.2, -0.15) is 0 Å². The minimum atomic E-state index is -1.71. The van der Waals surface area contributed by atoms with E-state index in [0.29, 0.717) is 5.56 Å². The van der Waals surface area contributed by atoms with Crippen molar-refractivity contribution in [2.24, 2.45) is 5.73 Å². The maximum absolute atomic E-state index is 13.4. The summed E-state index contributed by atoms with van der Waals surface area (Å²) in [4.78, 5) is 101. The Balaban J connectivity index is 2.41. The van der Waals surface area contributed by atoms with Gasteiger partial charge in [0.25, 0.3) is 0 Å². The normalized spacial score (nSPS) is 21.8. The fraction of sp³-hybridized carbons (Fsp3) is 0.481. The maximum atomic E-state index is 13.4. The highest BCUT2D eigenvalue weighted by Gasteiger charge is 2.34. The molecule has 0 unspecified atom stereocenters. The number of phenolic OH excluding ortho intramolecular Hbond substituents is 1. The third-order valence-corrected chi connectivity index (χ3v) is 9.34. The number of carbonyl (C=O) groups is 8. The van der Waals surface area contributed by atoms with Crippen molar-refractivity contribution < 1.29 is 53.7 Å². The number of thioether (sulfide) groups is 1. The van der Waals surface area contributed by atoms with Gasteiger partial charge in [-0.3, -0.25) is 38.4 Å². The first kappa shape index (κ1) is 39.0. The molecule has 17 nitrogen and oxygen atoms in total. The van der Waals surface area contributed by atoms with Crippen molar-refractivity contribution in [1.29, 1.82) is 0 Å². The Hall–Kier alpha value is -4.17. The number of phenols is 1. The maximum Gasteiger partial charge on any atom is 0.305 e. The Morgan fingerprint density at radius 3 is 2.15 bits per heavy atom. The summed E-state index contributed by atoms with van der Waals surface area (Å²) < 4.78 is 0. The number of hydrogen-bond acceptors (Lipinski definition) is 12. The Bertz CT molecular complexity index is 1330. The fourth-order valence-corrected chi connectivity index (χ4v) is 6.29. The van der Waals surface area contributed by atoms with Gasteiger partial charge in [0, 0.05) is 24.3 Å². The van der Waals surface area contributed by atoms with E-state index in [4.69, 9.17) is 10.8 Å². The molecular weight excluding hydrogens is 681 g/mol. The molecular formula is C27H36N6O11S3. The molecule has 20 heteroatoms. The number of carboxylic acids is 2. The third-order valence-electron chi connectivity index (χ3n) is 6.48. The summed E-state index contributed by atoms with van der Waals surface area (Å²) in [5.41, 5.74) is 6.03. The standard InChI is InChI=1S/C27H36N6O11S3/c1-45-47-11-19-27(44)31-17(9-22(38)39)25(42)32-18(10-46-12-20(35)29-15(24(41)33-19)6-7-21(36)37)26(43)30-16(23(28)40)8-13-2-4-14(34)5-3-13/h2-5,15-19,34H,6-12H2,1H3,(H2,28,40)(H,29,35)(H,30,43)(H,31,44)(H,32,42)(H,33,41)(H,36,37)(H,38,39)/t15-,16-,17-,18-,19-/m0/s1. The summed E-state index contributed by atoms with van der Waals surface area (Å²) in [5, 5.41) is 40.1. The van der Waals surface area contributed by atoms with Crippen molar-refractivity contribution in [3.63, 3.8) is 0 Å². The van der Waals surface area contributed by atoms with E-state index < -0.39 is 90.4 Å². The minimum absolute atomic E-state index is 0.0294. The zero-order valence-corrected chi connectivity index (χ0v) is 27.5. The molecule has 2 rings (SSSR count). The molecule has 1 aliphatic rings. The molecule has 0 aromatic heterocycles. The Morgan fingerprint density at radius 1 is 0.936 bits per heavy atom. The molecule has 0 bridgehead atoms. The van der Waals surface area contributed by atoms with Crippen LogP contribution in [0.25, 0.3) is 0 Å². The van der Waals surface area contributed by atoms with Gasteiger partial charge in [-0.1, -0.05) is 33.7 Å². The van der Waals surface area contributed by atoms with Crippen molar-refractivity contribution in [3.05, 3.63) is 29.8 Å². The Morgan fingerprint density at radius 2 is 1.55 bits per heavy atom. The first-order valence-corrected chi connectivity index (χ1v) is 17.8. The van der Waals surface area contributed by atoms with Crippen molar-refractivity contribution in [3.8, 4) is 5.75 Å². The third kappa shape index (κ3) is 14.0. The van der Waals surface area contributed by atoms with Gasteiger partial charge in [0.2, 0.25) is 35.4 Å². The molecule has 0 saturated carbocycles.